The van der Waals surface area contributed by atoms with Crippen molar-refractivity contribution in [3.8, 4) is 0 Å². The normalized spacial score (nSPS) is 17.1. The molecule has 17 heavy (non-hydrogen) atoms. The van der Waals surface area contributed by atoms with Crippen molar-refractivity contribution in [2.24, 2.45) is 11.7 Å². The van der Waals surface area contributed by atoms with Crippen LogP contribution in [0.5, 0.6) is 0 Å². The largest absolute Gasteiger partial charge is 0.383 e. The van der Waals surface area contributed by atoms with E-state index in [0.717, 1.165) is 38.6 Å². The molecule has 0 aromatic carbocycles. The molecule has 0 bridgehead atoms. The molecule has 2 unspecified atom stereocenters. The first-order valence-electron chi connectivity index (χ1n) is 7.04. The maximum Gasteiger partial charge on any atom is 0.0589 e. The molecule has 0 aromatic heterocycles. The Morgan fingerprint density at radius 2 is 1.94 bits per heavy atom. The van der Waals surface area contributed by atoms with E-state index in [4.69, 9.17) is 10.5 Å². The zero-order valence-electron chi connectivity index (χ0n) is 12.5. The van der Waals surface area contributed by atoms with Gasteiger partial charge in [-0.25, -0.2) is 0 Å². The average molecular weight is 244 g/mol. The standard InChI is InChI=1S/C14H32N2O/c1-6-13(4)11-14(7-2,12-15)16(8-3)9-10-17-5/h13H,6-12,15H2,1-5H3. The van der Waals surface area contributed by atoms with E-state index in [9.17, 15) is 0 Å². The van der Waals surface area contributed by atoms with Crippen molar-refractivity contribution in [1.29, 1.82) is 0 Å². The molecule has 0 rings (SSSR count). The quantitative estimate of drug-likeness (QED) is 0.642. The van der Waals surface area contributed by atoms with Crippen LogP contribution in [0, 0.1) is 5.92 Å². The summed E-state index contributed by atoms with van der Waals surface area (Å²) in [6.07, 6.45) is 3.53. The van der Waals surface area contributed by atoms with E-state index in [1.165, 1.54) is 12.8 Å². The summed E-state index contributed by atoms with van der Waals surface area (Å²) in [5.41, 5.74) is 6.24. The molecule has 0 amide bonds. The van der Waals surface area contributed by atoms with Gasteiger partial charge in [0.1, 0.15) is 0 Å². The maximum absolute atomic E-state index is 6.09. The second-order valence-electron chi connectivity index (χ2n) is 5.07. The van der Waals surface area contributed by atoms with Gasteiger partial charge in [-0.3, -0.25) is 4.90 Å². The fourth-order valence-corrected chi connectivity index (χ4v) is 2.58. The lowest BCUT2D eigenvalue weighted by molar-refractivity contribution is 0.0444. The lowest BCUT2D eigenvalue weighted by atomic mass is 9.83. The summed E-state index contributed by atoms with van der Waals surface area (Å²) in [4.78, 5) is 2.50. The minimum Gasteiger partial charge on any atom is -0.383 e. The third-order valence-electron chi connectivity index (χ3n) is 4.08. The van der Waals surface area contributed by atoms with Gasteiger partial charge in [0.2, 0.25) is 0 Å². The van der Waals surface area contributed by atoms with E-state index in [2.05, 4.69) is 32.6 Å². The van der Waals surface area contributed by atoms with Gasteiger partial charge in [0.25, 0.3) is 0 Å². The van der Waals surface area contributed by atoms with Gasteiger partial charge >= 0.3 is 0 Å². The number of rotatable bonds is 10. The molecule has 0 fully saturated rings. The van der Waals surface area contributed by atoms with Crippen LogP contribution in [0.25, 0.3) is 0 Å². The summed E-state index contributed by atoms with van der Waals surface area (Å²) in [6, 6.07) is 0. The molecule has 104 valence electrons. The topological polar surface area (TPSA) is 38.5 Å². The average Bonchev–Trinajstić information content (AvgIpc) is 2.37. The molecule has 0 saturated heterocycles. The Balaban J connectivity index is 4.73. The van der Waals surface area contributed by atoms with Crippen molar-refractivity contribution in [3.63, 3.8) is 0 Å². The highest BCUT2D eigenvalue weighted by Gasteiger charge is 2.33. The van der Waals surface area contributed by atoms with E-state index in [-0.39, 0.29) is 5.54 Å². The first-order chi connectivity index (χ1) is 8.10. The van der Waals surface area contributed by atoms with Gasteiger partial charge in [0, 0.05) is 25.7 Å². The molecule has 3 nitrogen and oxygen atoms in total. The Morgan fingerprint density at radius 1 is 1.29 bits per heavy atom. The SMILES string of the molecule is CCC(C)CC(CC)(CN)N(CC)CCOC. The van der Waals surface area contributed by atoms with E-state index in [0.29, 0.717) is 0 Å². The number of nitrogens with zero attached hydrogens (tertiary/aromatic N) is 1. The fraction of sp³-hybridized carbons (Fsp3) is 1.00. The van der Waals surface area contributed by atoms with Gasteiger partial charge in [-0.2, -0.15) is 0 Å². The Kier molecular flexibility index (Phi) is 8.83. The van der Waals surface area contributed by atoms with E-state index < -0.39 is 0 Å². The van der Waals surface area contributed by atoms with Gasteiger partial charge in [-0.05, 0) is 25.3 Å². The van der Waals surface area contributed by atoms with Crippen LogP contribution in [0.2, 0.25) is 0 Å². The van der Waals surface area contributed by atoms with Crippen molar-refractivity contribution in [2.75, 3.05) is 33.4 Å². The van der Waals surface area contributed by atoms with Crippen LogP contribution < -0.4 is 5.73 Å². The summed E-state index contributed by atoms with van der Waals surface area (Å²) in [5.74, 6) is 0.732. The number of ether oxygens (including phenoxy) is 1. The van der Waals surface area contributed by atoms with Crippen molar-refractivity contribution in [2.45, 2.75) is 52.5 Å². The van der Waals surface area contributed by atoms with Gasteiger partial charge in [-0.15, -0.1) is 0 Å². The Labute approximate surface area is 108 Å². The summed E-state index contributed by atoms with van der Waals surface area (Å²) in [6.45, 7) is 12.6. The zero-order chi connectivity index (χ0) is 13.3. The maximum atomic E-state index is 6.09. The van der Waals surface area contributed by atoms with Gasteiger partial charge in [0.15, 0.2) is 0 Å². The molecule has 0 radical (unpaired) electrons. The Hall–Kier alpha value is -0.120. The minimum absolute atomic E-state index is 0.155. The smallest absolute Gasteiger partial charge is 0.0589 e. The molecule has 0 aliphatic heterocycles. The highest BCUT2D eigenvalue weighted by molar-refractivity contribution is 4.91. The molecular formula is C14H32N2O. The Morgan fingerprint density at radius 3 is 2.29 bits per heavy atom. The molecule has 2 N–H and O–H groups in total. The van der Waals surface area contributed by atoms with E-state index >= 15 is 0 Å². The van der Waals surface area contributed by atoms with Crippen molar-refractivity contribution in [3.05, 3.63) is 0 Å². The number of nitrogens with two attached hydrogens (primary N) is 1. The number of hydrogen-bond donors (Lipinski definition) is 1. The monoisotopic (exact) mass is 244 g/mol. The summed E-state index contributed by atoms with van der Waals surface area (Å²) in [5, 5.41) is 0. The molecule has 2 atom stereocenters. The van der Waals surface area contributed by atoms with Crippen molar-refractivity contribution < 1.29 is 4.74 Å². The number of methoxy groups -OCH3 is 1. The summed E-state index contributed by atoms with van der Waals surface area (Å²) in [7, 11) is 1.76. The predicted octanol–water partition coefficient (Wildman–Crippen LogP) is 2.50. The fourth-order valence-electron chi connectivity index (χ4n) is 2.58. The molecule has 3 heteroatoms. The summed E-state index contributed by atoms with van der Waals surface area (Å²) >= 11 is 0. The van der Waals surface area contributed by atoms with Crippen LogP contribution in [-0.2, 0) is 4.74 Å². The molecular weight excluding hydrogens is 212 g/mol. The van der Waals surface area contributed by atoms with Crippen LogP contribution in [0.1, 0.15) is 47.0 Å². The Bertz CT molecular complexity index is 181. The lowest BCUT2D eigenvalue weighted by Gasteiger charge is -2.44. The van der Waals surface area contributed by atoms with Crippen LogP contribution >= 0.6 is 0 Å². The van der Waals surface area contributed by atoms with Crippen LogP contribution in [-0.4, -0.2) is 43.8 Å². The number of likely N-dealkylation sites (N-methyl/N-ethyl adjacent to an activating group) is 1. The lowest BCUT2D eigenvalue weighted by Crippen LogP contribution is -2.55. The molecule has 0 heterocycles. The first kappa shape index (κ1) is 16.9. The van der Waals surface area contributed by atoms with Crippen LogP contribution in [0.4, 0.5) is 0 Å². The van der Waals surface area contributed by atoms with Gasteiger partial charge in [-0.1, -0.05) is 34.1 Å². The third kappa shape index (κ3) is 4.94. The molecule has 0 saturated carbocycles. The second kappa shape index (κ2) is 8.90. The second-order valence-corrected chi connectivity index (χ2v) is 5.07. The molecule has 0 aliphatic rings. The highest BCUT2D eigenvalue weighted by atomic mass is 16.5. The zero-order valence-corrected chi connectivity index (χ0v) is 12.5. The van der Waals surface area contributed by atoms with Crippen LogP contribution in [0.3, 0.4) is 0 Å². The van der Waals surface area contributed by atoms with Crippen molar-refractivity contribution in [1.82, 2.24) is 4.90 Å². The molecule has 0 aliphatic carbocycles. The summed E-state index contributed by atoms with van der Waals surface area (Å²) < 4.78 is 5.21. The minimum atomic E-state index is 0.155. The van der Waals surface area contributed by atoms with Gasteiger partial charge in [0.05, 0.1) is 6.61 Å². The van der Waals surface area contributed by atoms with Crippen molar-refractivity contribution >= 4 is 0 Å². The predicted molar refractivity (Wildman–Crippen MR) is 75.3 cm³/mol. The third-order valence-corrected chi connectivity index (χ3v) is 4.08. The highest BCUT2D eigenvalue weighted by Crippen LogP contribution is 2.28. The first-order valence-corrected chi connectivity index (χ1v) is 7.04. The van der Waals surface area contributed by atoms with Crippen LogP contribution in [0.15, 0.2) is 0 Å². The molecule has 0 aromatic rings. The number of hydrogen-bond acceptors (Lipinski definition) is 3. The van der Waals surface area contributed by atoms with E-state index in [1.807, 2.05) is 0 Å². The van der Waals surface area contributed by atoms with Gasteiger partial charge < -0.3 is 10.5 Å². The van der Waals surface area contributed by atoms with E-state index in [1.54, 1.807) is 7.11 Å². The molecule has 0 spiro atoms.